The van der Waals surface area contributed by atoms with Crippen LogP contribution < -0.4 is 5.56 Å². The summed E-state index contributed by atoms with van der Waals surface area (Å²) < 4.78 is 12.9. The zero-order valence-corrected chi connectivity index (χ0v) is 11.1. The van der Waals surface area contributed by atoms with Crippen molar-refractivity contribution in [1.29, 1.82) is 0 Å². The van der Waals surface area contributed by atoms with Crippen LogP contribution in [0.4, 0.5) is 4.39 Å². The Morgan fingerprint density at radius 1 is 1.39 bits per heavy atom. The molecule has 0 radical (unpaired) electrons. The fourth-order valence-corrected chi connectivity index (χ4v) is 3.42. The lowest BCUT2D eigenvalue weighted by Gasteiger charge is -1.99. The second-order valence-electron chi connectivity index (χ2n) is 4.05. The number of hydrogen-bond acceptors (Lipinski definition) is 4. The monoisotopic (exact) mass is 280 g/mol. The number of H-pyrrole nitrogens is 1. The van der Waals surface area contributed by atoms with E-state index in [0.717, 1.165) is 27.3 Å². The fourth-order valence-electron chi connectivity index (χ4n) is 1.85. The highest BCUT2D eigenvalue weighted by atomic mass is 32.1. The lowest BCUT2D eigenvalue weighted by atomic mass is 10.2. The molecule has 0 aliphatic carbocycles. The van der Waals surface area contributed by atoms with Crippen molar-refractivity contribution in [1.82, 2.24) is 9.97 Å². The maximum absolute atomic E-state index is 12.9. The standard InChI is InChI=1S/C12H9FN2OS2/c1-6-4-18-12-10(6)11(16)14-9(15-12)3-7-2-8(13)17-5-7/h2,4-5H,3H2,1H3,(H,14,15,16). The summed E-state index contributed by atoms with van der Waals surface area (Å²) in [6.45, 7) is 1.89. The summed E-state index contributed by atoms with van der Waals surface area (Å²) in [5, 5.41) is 4.08. The van der Waals surface area contributed by atoms with Gasteiger partial charge in [-0.3, -0.25) is 4.79 Å². The van der Waals surface area contributed by atoms with Crippen LogP contribution in [0.1, 0.15) is 17.0 Å². The van der Waals surface area contributed by atoms with Crippen molar-refractivity contribution in [2.75, 3.05) is 0 Å². The maximum Gasteiger partial charge on any atom is 0.259 e. The minimum absolute atomic E-state index is 0.121. The van der Waals surface area contributed by atoms with Crippen LogP contribution in [-0.2, 0) is 6.42 Å². The van der Waals surface area contributed by atoms with Gasteiger partial charge in [-0.2, -0.15) is 4.39 Å². The van der Waals surface area contributed by atoms with Crippen LogP contribution in [0.2, 0.25) is 0 Å². The van der Waals surface area contributed by atoms with Gasteiger partial charge in [0.2, 0.25) is 0 Å². The lowest BCUT2D eigenvalue weighted by Crippen LogP contribution is -2.11. The van der Waals surface area contributed by atoms with Gasteiger partial charge in [0, 0.05) is 6.42 Å². The second-order valence-corrected chi connectivity index (χ2v) is 5.77. The third-order valence-corrected chi connectivity index (χ3v) is 4.42. The van der Waals surface area contributed by atoms with E-state index in [2.05, 4.69) is 9.97 Å². The van der Waals surface area contributed by atoms with E-state index in [1.807, 2.05) is 12.3 Å². The summed E-state index contributed by atoms with van der Waals surface area (Å²) in [5.41, 5.74) is 1.65. The summed E-state index contributed by atoms with van der Waals surface area (Å²) in [6, 6.07) is 1.47. The summed E-state index contributed by atoms with van der Waals surface area (Å²) in [7, 11) is 0. The highest BCUT2D eigenvalue weighted by molar-refractivity contribution is 7.16. The van der Waals surface area contributed by atoms with E-state index in [4.69, 9.17) is 0 Å². The molecule has 18 heavy (non-hydrogen) atoms. The molecule has 0 amide bonds. The smallest absolute Gasteiger partial charge is 0.259 e. The normalized spacial score (nSPS) is 11.2. The number of fused-ring (bicyclic) bond motifs is 1. The molecule has 1 N–H and O–H groups in total. The van der Waals surface area contributed by atoms with Crippen LogP contribution in [-0.4, -0.2) is 9.97 Å². The first-order valence-corrected chi connectivity index (χ1v) is 7.09. The van der Waals surface area contributed by atoms with Gasteiger partial charge in [-0.25, -0.2) is 4.98 Å². The predicted molar refractivity (Wildman–Crippen MR) is 72.1 cm³/mol. The molecule has 0 fully saturated rings. The molecule has 3 heterocycles. The number of hydrogen-bond donors (Lipinski definition) is 1. The van der Waals surface area contributed by atoms with E-state index in [1.54, 1.807) is 5.38 Å². The molecule has 6 heteroatoms. The highest BCUT2D eigenvalue weighted by Crippen LogP contribution is 2.21. The van der Waals surface area contributed by atoms with E-state index in [0.29, 0.717) is 17.6 Å². The minimum Gasteiger partial charge on any atom is -0.310 e. The molecule has 0 unspecified atom stereocenters. The SMILES string of the molecule is Cc1csc2nc(Cc3csc(F)c3)[nH]c(=O)c12. The Labute approximate surface area is 110 Å². The number of rotatable bonds is 2. The Morgan fingerprint density at radius 3 is 2.94 bits per heavy atom. The number of nitrogens with zero attached hydrogens (tertiary/aromatic N) is 1. The third-order valence-electron chi connectivity index (χ3n) is 2.67. The molecule has 0 spiro atoms. The van der Waals surface area contributed by atoms with Gasteiger partial charge in [0.1, 0.15) is 10.7 Å². The number of aryl methyl sites for hydroxylation is 1. The van der Waals surface area contributed by atoms with E-state index in [-0.39, 0.29) is 10.7 Å². The van der Waals surface area contributed by atoms with Crippen molar-refractivity contribution in [3.05, 3.63) is 49.3 Å². The van der Waals surface area contributed by atoms with E-state index in [1.165, 1.54) is 17.4 Å². The molecule has 3 rings (SSSR count). The molecule has 0 atom stereocenters. The Hall–Kier alpha value is -1.53. The van der Waals surface area contributed by atoms with Gasteiger partial charge in [-0.1, -0.05) is 0 Å². The van der Waals surface area contributed by atoms with Crippen LogP contribution in [0.25, 0.3) is 10.2 Å². The molecule has 0 aliphatic heterocycles. The van der Waals surface area contributed by atoms with Crippen LogP contribution in [0.15, 0.2) is 21.6 Å². The zero-order chi connectivity index (χ0) is 12.7. The van der Waals surface area contributed by atoms with E-state index in [9.17, 15) is 9.18 Å². The average Bonchev–Trinajstić information content (AvgIpc) is 2.86. The Bertz CT molecular complexity index is 772. The molecule has 0 saturated heterocycles. The van der Waals surface area contributed by atoms with Gasteiger partial charge in [-0.15, -0.1) is 22.7 Å². The molecule has 3 nitrogen and oxygen atoms in total. The molecule has 92 valence electrons. The van der Waals surface area contributed by atoms with Crippen LogP contribution in [0.5, 0.6) is 0 Å². The minimum atomic E-state index is -0.222. The van der Waals surface area contributed by atoms with Crippen molar-refractivity contribution < 1.29 is 4.39 Å². The van der Waals surface area contributed by atoms with Gasteiger partial charge in [-0.05, 0) is 34.9 Å². The quantitative estimate of drug-likeness (QED) is 0.784. The van der Waals surface area contributed by atoms with Gasteiger partial charge >= 0.3 is 0 Å². The lowest BCUT2D eigenvalue weighted by molar-refractivity contribution is 0.656. The van der Waals surface area contributed by atoms with Gasteiger partial charge < -0.3 is 4.98 Å². The number of halogens is 1. The first-order valence-electron chi connectivity index (χ1n) is 5.33. The van der Waals surface area contributed by atoms with Crippen molar-refractivity contribution >= 4 is 32.9 Å². The van der Waals surface area contributed by atoms with Crippen LogP contribution in [0.3, 0.4) is 0 Å². The summed E-state index contributed by atoms with van der Waals surface area (Å²) in [4.78, 5) is 19.8. The van der Waals surface area contributed by atoms with E-state index < -0.39 is 0 Å². The van der Waals surface area contributed by atoms with Crippen molar-refractivity contribution in [3.8, 4) is 0 Å². The highest BCUT2D eigenvalue weighted by Gasteiger charge is 2.09. The third kappa shape index (κ3) is 1.97. The molecule has 0 saturated carbocycles. The molecule has 3 aromatic heterocycles. The molecular formula is C12H9FN2OS2. The topological polar surface area (TPSA) is 45.8 Å². The summed E-state index contributed by atoms with van der Waals surface area (Å²) >= 11 is 2.51. The number of aromatic amines is 1. The Balaban J connectivity index is 2.05. The maximum atomic E-state index is 12.9. The Kier molecular flexibility index (Phi) is 2.76. The number of aromatic nitrogens is 2. The first kappa shape index (κ1) is 11.6. The number of nitrogens with one attached hydrogen (secondary N) is 1. The zero-order valence-electron chi connectivity index (χ0n) is 9.49. The molecular weight excluding hydrogens is 271 g/mol. The Morgan fingerprint density at radius 2 is 2.22 bits per heavy atom. The largest absolute Gasteiger partial charge is 0.310 e. The first-order chi connectivity index (χ1) is 8.63. The molecule has 0 aromatic carbocycles. The van der Waals surface area contributed by atoms with Gasteiger partial charge in [0.15, 0.2) is 5.13 Å². The summed E-state index contributed by atoms with van der Waals surface area (Å²) in [6.07, 6.45) is 0.447. The predicted octanol–water partition coefficient (Wildman–Crippen LogP) is 3.08. The van der Waals surface area contributed by atoms with Crippen molar-refractivity contribution in [2.45, 2.75) is 13.3 Å². The molecule has 0 bridgehead atoms. The number of thiophene rings is 2. The van der Waals surface area contributed by atoms with Crippen molar-refractivity contribution in [2.24, 2.45) is 0 Å². The van der Waals surface area contributed by atoms with Crippen molar-refractivity contribution in [3.63, 3.8) is 0 Å². The van der Waals surface area contributed by atoms with Crippen LogP contribution in [0, 0.1) is 12.1 Å². The van der Waals surface area contributed by atoms with E-state index >= 15 is 0 Å². The summed E-state index contributed by atoms with van der Waals surface area (Å²) in [5.74, 6) is 0.576. The molecule has 3 aromatic rings. The van der Waals surface area contributed by atoms with Crippen LogP contribution >= 0.6 is 22.7 Å². The van der Waals surface area contributed by atoms with Gasteiger partial charge in [0.25, 0.3) is 5.56 Å². The van der Waals surface area contributed by atoms with Gasteiger partial charge in [0.05, 0.1) is 5.39 Å². The second kappa shape index (κ2) is 4.29. The average molecular weight is 280 g/mol. The fraction of sp³-hybridized carbons (Fsp3) is 0.167. The molecule has 0 aliphatic rings.